The van der Waals surface area contributed by atoms with Crippen molar-refractivity contribution < 1.29 is 9.53 Å². The van der Waals surface area contributed by atoms with Crippen LogP contribution in [0.3, 0.4) is 0 Å². The zero-order valence-electron chi connectivity index (χ0n) is 40.0. The van der Waals surface area contributed by atoms with Crippen molar-refractivity contribution in [2.75, 3.05) is 6.61 Å². The Hall–Kier alpha value is -0.790. The molecule has 0 amide bonds. The van der Waals surface area contributed by atoms with E-state index in [1.54, 1.807) is 0 Å². The molecule has 57 heavy (non-hydrogen) atoms. The summed E-state index contributed by atoms with van der Waals surface area (Å²) in [7, 11) is 0. The molecule has 0 aromatic heterocycles. The van der Waals surface area contributed by atoms with E-state index in [9.17, 15) is 4.79 Å². The molecule has 0 aromatic rings. The van der Waals surface area contributed by atoms with Crippen molar-refractivity contribution in [2.45, 2.75) is 323 Å². The quantitative estimate of drug-likeness (QED) is 0.0348. The van der Waals surface area contributed by atoms with Crippen LogP contribution in [0.5, 0.6) is 0 Å². The summed E-state index contributed by atoms with van der Waals surface area (Å²) < 4.78 is 5.50. The van der Waals surface area contributed by atoms with Gasteiger partial charge in [-0.2, -0.15) is 0 Å². The van der Waals surface area contributed by atoms with Crippen molar-refractivity contribution in [1.82, 2.24) is 0 Å². The fourth-order valence-corrected chi connectivity index (χ4v) is 8.56. The molecular weight excluding hydrogens is 693 g/mol. The van der Waals surface area contributed by atoms with Crippen molar-refractivity contribution in [3.05, 3.63) is 12.2 Å². The summed E-state index contributed by atoms with van der Waals surface area (Å²) in [6, 6.07) is 0. The van der Waals surface area contributed by atoms with Crippen LogP contribution in [-0.2, 0) is 9.53 Å². The SMILES string of the molecule is CCCCCCCCC=CCCCCCCCCCCCC(=O)OCCCCCCCCCCCCCCCCCCCCCCCCCCCCCCC(C)C. The highest BCUT2D eigenvalue weighted by Crippen LogP contribution is 2.18. The Morgan fingerprint density at radius 2 is 0.614 bits per heavy atom. The maximum absolute atomic E-state index is 12.1. The fourth-order valence-electron chi connectivity index (χ4n) is 8.56. The van der Waals surface area contributed by atoms with E-state index in [0.29, 0.717) is 13.0 Å². The normalized spacial score (nSPS) is 11.8. The number of ether oxygens (including phenoxy) is 1. The van der Waals surface area contributed by atoms with E-state index in [-0.39, 0.29) is 5.97 Å². The first-order chi connectivity index (χ1) is 28.2. The Bertz CT molecular complexity index is 756. The van der Waals surface area contributed by atoms with Crippen molar-refractivity contribution in [1.29, 1.82) is 0 Å². The first-order valence-electron chi connectivity index (χ1n) is 27.0. The molecule has 0 rings (SSSR count). The average molecular weight is 801 g/mol. The maximum atomic E-state index is 12.1. The van der Waals surface area contributed by atoms with Crippen molar-refractivity contribution in [3.63, 3.8) is 0 Å². The lowest BCUT2D eigenvalue weighted by atomic mass is 10.0. The second kappa shape index (κ2) is 51.4. The predicted octanol–water partition coefficient (Wildman–Crippen LogP) is 20.1. The predicted molar refractivity (Wildman–Crippen MR) is 258 cm³/mol. The lowest BCUT2D eigenvalue weighted by molar-refractivity contribution is -0.143. The largest absolute Gasteiger partial charge is 0.466 e. The first kappa shape index (κ1) is 56.2. The van der Waals surface area contributed by atoms with E-state index in [0.717, 1.165) is 18.8 Å². The molecule has 0 unspecified atom stereocenters. The molecule has 0 radical (unpaired) electrons. The molecule has 0 spiro atoms. The van der Waals surface area contributed by atoms with Crippen LogP contribution in [-0.4, -0.2) is 12.6 Å². The van der Waals surface area contributed by atoms with Crippen LogP contribution in [0.2, 0.25) is 0 Å². The molecule has 0 N–H and O–H groups in total. The lowest BCUT2D eigenvalue weighted by Crippen LogP contribution is -2.05. The summed E-state index contributed by atoms with van der Waals surface area (Å²) >= 11 is 0. The van der Waals surface area contributed by atoms with Gasteiger partial charge in [0.05, 0.1) is 6.61 Å². The van der Waals surface area contributed by atoms with E-state index in [4.69, 9.17) is 4.74 Å². The Morgan fingerprint density at radius 3 is 0.930 bits per heavy atom. The third kappa shape index (κ3) is 53.2. The van der Waals surface area contributed by atoms with Crippen LogP contribution in [0, 0.1) is 5.92 Å². The van der Waals surface area contributed by atoms with Crippen molar-refractivity contribution >= 4 is 5.97 Å². The van der Waals surface area contributed by atoms with E-state index in [1.807, 2.05) is 0 Å². The summed E-state index contributed by atoms with van der Waals surface area (Å²) in [5.41, 5.74) is 0. The molecule has 0 atom stereocenters. The van der Waals surface area contributed by atoms with Crippen LogP contribution in [0.1, 0.15) is 323 Å². The van der Waals surface area contributed by atoms with Crippen LogP contribution in [0.15, 0.2) is 12.2 Å². The van der Waals surface area contributed by atoms with E-state index in [1.165, 1.54) is 283 Å². The van der Waals surface area contributed by atoms with E-state index < -0.39 is 0 Å². The Labute approximate surface area is 361 Å². The van der Waals surface area contributed by atoms with Gasteiger partial charge in [-0.3, -0.25) is 4.79 Å². The third-order valence-electron chi connectivity index (χ3n) is 12.6. The highest BCUT2D eigenvalue weighted by Gasteiger charge is 2.03. The lowest BCUT2D eigenvalue weighted by Gasteiger charge is -2.06. The van der Waals surface area contributed by atoms with Crippen LogP contribution in [0.25, 0.3) is 0 Å². The first-order valence-corrected chi connectivity index (χ1v) is 27.0. The number of hydrogen-bond donors (Lipinski definition) is 0. The van der Waals surface area contributed by atoms with Crippen LogP contribution in [0.4, 0.5) is 0 Å². The van der Waals surface area contributed by atoms with E-state index in [2.05, 4.69) is 32.9 Å². The smallest absolute Gasteiger partial charge is 0.305 e. The number of hydrogen-bond acceptors (Lipinski definition) is 2. The Morgan fingerprint density at radius 1 is 0.351 bits per heavy atom. The number of carbonyl (C=O) groups is 1. The zero-order valence-corrected chi connectivity index (χ0v) is 40.0. The van der Waals surface area contributed by atoms with Crippen LogP contribution >= 0.6 is 0 Å². The maximum Gasteiger partial charge on any atom is 0.305 e. The molecule has 2 heteroatoms. The van der Waals surface area contributed by atoms with Gasteiger partial charge in [0.1, 0.15) is 0 Å². The number of rotatable bonds is 50. The average Bonchev–Trinajstić information content (AvgIpc) is 3.20. The van der Waals surface area contributed by atoms with Gasteiger partial charge in [0.25, 0.3) is 0 Å². The summed E-state index contributed by atoms with van der Waals surface area (Å²) in [6.45, 7) is 7.62. The summed E-state index contributed by atoms with van der Waals surface area (Å²) in [4.78, 5) is 12.1. The van der Waals surface area contributed by atoms with Crippen LogP contribution < -0.4 is 0 Å². The van der Waals surface area contributed by atoms with Gasteiger partial charge in [0.2, 0.25) is 0 Å². The molecule has 0 fully saturated rings. The number of carbonyl (C=O) groups excluding carboxylic acids is 1. The van der Waals surface area contributed by atoms with Gasteiger partial charge >= 0.3 is 5.97 Å². The number of unbranched alkanes of at least 4 members (excludes halogenated alkanes) is 42. The van der Waals surface area contributed by atoms with Gasteiger partial charge in [-0.15, -0.1) is 0 Å². The number of esters is 1. The fraction of sp³-hybridized carbons (Fsp3) is 0.945. The van der Waals surface area contributed by atoms with Gasteiger partial charge in [0.15, 0.2) is 0 Å². The second-order valence-electron chi connectivity index (χ2n) is 19.1. The summed E-state index contributed by atoms with van der Waals surface area (Å²) in [5, 5.41) is 0. The minimum Gasteiger partial charge on any atom is -0.466 e. The minimum atomic E-state index is 0.0290. The molecule has 0 heterocycles. The van der Waals surface area contributed by atoms with Gasteiger partial charge in [-0.1, -0.05) is 290 Å². The molecule has 2 nitrogen and oxygen atoms in total. The zero-order chi connectivity index (χ0) is 41.2. The molecule has 0 aromatic carbocycles. The van der Waals surface area contributed by atoms with E-state index >= 15 is 0 Å². The summed E-state index contributed by atoms with van der Waals surface area (Å²) in [5.74, 6) is 0.917. The second-order valence-corrected chi connectivity index (χ2v) is 19.1. The van der Waals surface area contributed by atoms with Gasteiger partial charge in [0, 0.05) is 6.42 Å². The van der Waals surface area contributed by atoms with Gasteiger partial charge < -0.3 is 4.74 Å². The molecule has 340 valence electrons. The molecule has 0 aliphatic heterocycles. The van der Waals surface area contributed by atoms with Gasteiger partial charge in [-0.25, -0.2) is 0 Å². The highest BCUT2D eigenvalue weighted by molar-refractivity contribution is 5.69. The molecule has 0 aliphatic rings. The van der Waals surface area contributed by atoms with Gasteiger partial charge in [-0.05, 0) is 44.4 Å². The molecule has 0 saturated heterocycles. The third-order valence-corrected chi connectivity index (χ3v) is 12.6. The minimum absolute atomic E-state index is 0.0290. The monoisotopic (exact) mass is 801 g/mol. The molecular formula is C55H108O2. The van der Waals surface area contributed by atoms with Crippen molar-refractivity contribution in [3.8, 4) is 0 Å². The van der Waals surface area contributed by atoms with Crippen molar-refractivity contribution in [2.24, 2.45) is 5.92 Å². The highest BCUT2D eigenvalue weighted by atomic mass is 16.5. The Balaban J connectivity index is 3.16. The molecule has 0 saturated carbocycles. The topological polar surface area (TPSA) is 26.3 Å². The standard InChI is InChI=1S/C55H108O2/c1-4-5-6-7-8-9-10-11-12-13-24-28-31-34-37-40-43-46-49-52-55(56)57-53-50-47-44-41-38-35-32-29-26-23-21-19-17-15-14-16-18-20-22-25-27-30-33-36-39-42-45-48-51-54(2)3/h11-12,54H,4-10,13-53H2,1-3H3. The Kier molecular flexibility index (Phi) is 50.6. The summed E-state index contributed by atoms with van der Waals surface area (Å²) in [6.07, 6.45) is 69.4. The molecule has 0 bridgehead atoms. The molecule has 0 aliphatic carbocycles. The number of allylic oxidation sites excluding steroid dienone is 2.